The van der Waals surface area contributed by atoms with Crippen LogP contribution in [-0.2, 0) is 20.9 Å². The fourth-order valence-electron chi connectivity index (χ4n) is 8.66. The fourth-order valence-corrected chi connectivity index (χ4v) is 9.33. The molecule has 6 atom stereocenters. The average Bonchev–Trinajstić information content (AvgIpc) is 3.48. The first kappa shape index (κ1) is 37.6. The van der Waals surface area contributed by atoms with E-state index in [0.717, 1.165) is 17.0 Å². The summed E-state index contributed by atoms with van der Waals surface area (Å²) in [4.78, 5) is 71.4. The molecule has 0 saturated carbocycles. The van der Waals surface area contributed by atoms with E-state index in [9.17, 15) is 29.1 Å². The lowest BCUT2D eigenvalue weighted by atomic mass is 9.69. The second kappa shape index (κ2) is 14.5. The van der Waals surface area contributed by atoms with Gasteiger partial charge in [-0.25, -0.2) is 0 Å². The number of fused-ring (bicyclic) bond motifs is 5. The van der Waals surface area contributed by atoms with Crippen molar-refractivity contribution in [1.82, 2.24) is 14.8 Å². The van der Waals surface area contributed by atoms with Crippen LogP contribution in [0.2, 0.25) is 5.02 Å². The summed E-state index contributed by atoms with van der Waals surface area (Å²) < 4.78 is 19.0. The zero-order chi connectivity index (χ0) is 38.6. The number of nitrogens with one attached hydrogen (secondary N) is 1. The number of methoxy groups -OCH3 is 2. The number of amides is 2. The van der Waals surface area contributed by atoms with E-state index in [1.165, 1.54) is 32.0 Å². The van der Waals surface area contributed by atoms with Crippen molar-refractivity contribution in [3.8, 4) is 17.2 Å². The Morgan fingerprint density at radius 3 is 2.48 bits per heavy atom. The number of likely N-dealkylation sites (tertiary alicyclic amines) is 1. The molecule has 2 amide bonds. The van der Waals surface area contributed by atoms with Crippen LogP contribution in [-0.4, -0.2) is 83.2 Å². The number of pyridine rings is 1. The van der Waals surface area contributed by atoms with Crippen molar-refractivity contribution in [3.05, 3.63) is 92.1 Å². The number of piperidine rings is 1. The van der Waals surface area contributed by atoms with Gasteiger partial charge in [-0.3, -0.25) is 24.0 Å². The molecule has 2 N–H and O–H groups in total. The maximum Gasteiger partial charge on any atom is 0.250 e. The second-order valence-corrected chi connectivity index (χ2v) is 15.8. The molecule has 12 nitrogen and oxygen atoms in total. The first-order valence-corrected chi connectivity index (χ1v) is 19.5. The van der Waals surface area contributed by atoms with Crippen molar-refractivity contribution >= 4 is 46.7 Å². The largest absolute Gasteiger partial charge is 0.507 e. The molecule has 2 bridgehead atoms. The van der Waals surface area contributed by atoms with Gasteiger partial charge in [0.1, 0.15) is 28.1 Å². The Bertz CT molecular complexity index is 2150. The standard InChI is InChI=1S/C40H42ClN3O9S/c1-20-13-28(45)33(37(48)40(20)38(49)34-29(51-3)16-30(52-4)35(41)36(34)53-40)26(23-9-11-25(54-5)12-10-23)15-31(46)42-21(2)39(50)43-17-22-14-24(19-43)27-7-6-8-32(47)44(27)18-22/h6-12,16,20-22,24,26,48H,13-15,17-19H2,1-5H3,(H,42,46)/t20?,21?,22-,24+,26?,40?/m1/s1. The summed E-state index contributed by atoms with van der Waals surface area (Å²) in [7, 11) is 2.79. The minimum atomic E-state index is -2.03. The Balaban J connectivity index is 1.19. The van der Waals surface area contributed by atoms with Gasteiger partial charge in [-0.1, -0.05) is 36.7 Å². The third-order valence-electron chi connectivity index (χ3n) is 11.3. The maximum atomic E-state index is 14.4. The lowest BCUT2D eigenvalue weighted by Gasteiger charge is -2.43. The molecule has 3 aromatic rings. The third-order valence-corrected chi connectivity index (χ3v) is 12.4. The average molecular weight is 776 g/mol. The normalized spacial score (nSPS) is 24.0. The molecule has 1 spiro atoms. The minimum absolute atomic E-state index is 0.00895. The van der Waals surface area contributed by atoms with Crippen LogP contribution in [0.4, 0.5) is 0 Å². The molecule has 1 fully saturated rings. The van der Waals surface area contributed by atoms with E-state index in [-0.39, 0.29) is 69.6 Å². The Morgan fingerprint density at radius 1 is 1.07 bits per heavy atom. The Labute approximate surface area is 321 Å². The van der Waals surface area contributed by atoms with E-state index in [1.54, 1.807) is 47.6 Å². The van der Waals surface area contributed by atoms with Crippen molar-refractivity contribution in [2.75, 3.05) is 33.6 Å². The van der Waals surface area contributed by atoms with Crippen molar-refractivity contribution in [2.45, 2.75) is 68.0 Å². The summed E-state index contributed by atoms with van der Waals surface area (Å²) in [5.41, 5.74) is -0.718. The van der Waals surface area contributed by atoms with E-state index in [4.69, 9.17) is 25.8 Å². The van der Waals surface area contributed by atoms with Crippen molar-refractivity contribution in [2.24, 2.45) is 11.8 Å². The highest BCUT2D eigenvalue weighted by atomic mass is 35.5. The Morgan fingerprint density at radius 2 is 1.80 bits per heavy atom. The van der Waals surface area contributed by atoms with Crippen LogP contribution in [0.25, 0.3) is 0 Å². The predicted octanol–water partition coefficient (Wildman–Crippen LogP) is 5.30. The summed E-state index contributed by atoms with van der Waals surface area (Å²) in [6.07, 6.45) is 2.32. The van der Waals surface area contributed by atoms with Crippen LogP contribution in [0.3, 0.4) is 0 Å². The lowest BCUT2D eigenvalue weighted by molar-refractivity contribution is -0.138. The molecule has 3 aliphatic heterocycles. The van der Waals surface area contributed by atoms with Gasteiger partial charge in [0.2, 0.25) is 23.2 Å². The van der Waals surface area contributed by atoms with Gasteiger partial charge in [-0.15, -0.1) is 11.8 Å². The SMILES string of the molecule is COc1cc(OC)c2c(c1Cl)OC1(C2=O)C(O)=C(C(CC(=O)NC(C)C(=O)N2C[C@H]3C[C@@H](C2)c2cccc(=O)n2C3)c2ccc(SC)cc2)C(=O)CC1C. The molecule has 4 aliphatic rings. The predicted molar refractivity (Wildman–Crippen MR) is 202 cm³/mol. The molecular weight excluding hydrogens is 734 g/mol. The Kier molecular flexibility index (Phi) is 10.1. The number of carbonyl (C=O) groups excluding carboxylic acids is 4. The van der Waals surface area contributed by atoms with E-state index < -0.39 is 46.7 Å². The molecule has 284 valence electrons. The van der Waals surface area contributed by atoms with Gasteiger partial charge in [0.15, 0.2) is 17.3 Å². The summed E-state index contributed by atoms with van der Waals surface area (Å²) in [5, 5.41) is 15.1. The number of ether oxygens (including phenoxy) is 3. The summed E-state index contributed by atoms with van der Waals surface area (Å²) in [6, 6.07) is 13.0. The third kappa shape index (κ3) is 6.14. The number of hydrogen-bond donors (Lipinski definition) is 2. The first-order chi connectivity index (χ1) is 25.8. The smallest absolute Gasteiger partial charge is 0.250 e. The number of Topliss-reactive ketones (excluding diaryl/α,β-unsaturated/α-hetero) is 2. The van der Waals surface area contributed by atoms with Gasteiger partial charge < -0.3 is 34.1 Å². The van der Waals surface area contributed by atoms with Gasteiger partial charge in [0, 0.05) is 78.5 Å². The van der Waals surface area contributed by atoms with Gasteiger partial charge in [0.05, 0.1) is 14.2 Å². The molecule has 7 rings (SSSR count). The number of aliphatic hydroxyl groups excluding tert-OH is 1. The quantitative estimate of drug-likeness (QED) is 0.274. The number of aliphatic hydroxyl groups is 1. The second-order valence-electron chi connectivity index (χ2n) is 14.5. The van der Waals surface area contributed by atoms with Gasteiger partial charge in [-0.2, -0.15) is 0 Å². The monoisotopic (exact) mass is 775 g/mol. The number of aromatic nitrogens is 1. The highest BCUT2D eigenvalue weighted by Crippen LogP contribution is 2.56. The van der Waals surface area contributed by atoms with Crippen LogP contribution in [0.5, 0.6) is 17.2 Å². The highest BCUT2D eigenvalue weighted by molar-refractivity contribution is 7.98. The first-order valence-electron chi connectivity index (χ1n) is 17.9. The molecule has 4 unspecified atom stereocenters. The van der Waals surface area contributed by atoms with Crippen molar-refractivity contribution in [3.63, 3.8) is 0 Å². The maximum absolute atomic E-state index is 14.4. The van der Waals surface area contributed by atoms with E-state index in [2.05, 4.69) is 5.32 Å². The molecular formula is C40H42ClN3O9S. The van der Waals surface area contributed by atoms with Gasteiger partial charge in [0.25, 0.3) is 5.56 Å². The summed E-state index contributed by atoms with van der Waals surface area (Å²) in [5.74, 6) is -3.86. The number of halogens is 1. The zero-order valence-corrected chi connectivity index (χ0v) is 32.2. The van der Waals surface area contributed by atoms with Crippen LogP contribution in [0.1, 0.15) is 66.6 Å². The molecule has 2 aromatic carbocycles. The van der Waals surface area contributed by atoms with Gasteiger partial charge in [-0.05, 0) is 49.3 Å². The number of hydrogen-bond acceptors (Lipinski definition) is 10. The van der Waals surface area contributed by atoms with Crippen LogP contribution in [0.15, 0.2) is 69.6 Å². The van der Waals surface area contributed by atoms with Gasteiger partial charge >= 0.3 is 0 Å². The molecule has 4 heterocycles. The number of benzene rings is 2. The number of rotatable bonds is 9. The molecule has 1 aromatic heterocycles. The van der Waals surface area contributed by atoms with Crippen molar-refractivity contribution in [1.29, 1.82) is 0 Å². The molecule has 1 saturated heterocycles. The lowest BCUT2D eigenvalue weighted by Crippen LogP contribution is -2.54. The summed E-state index contributed by atoms with van der Waals surface area (Å²) >= 11 is 8.15. The molecule has 54 heavy (non-hydrogen) atoms. The summed E-state index contributed by atoms with van der Waals surface area (Å²) in [6.45, 7) is 4.69. The topological polar surface area (TPSA) is 153 Å². The number of allylic oxidation sites excluding steroid dienone is 1. The molecule has 14 heteroatoms. The Hall–Kier alpha value is -4.75. The minimum Gasteiger partial charge on any atom is -0.507 e. The number of thioether (sulfide) groups is 1. The number of nitrogens with zero attached hydrogens (tertiary/aromatic N) is 2. The zero-order valence-electron chi connectivity index (χ0n) is 30.6. The van der Waals surface area contributed by atoms with Crippen LogP contribution in [0, 0.1) is 11.8 Å². The molecule has 1 aliphatic carbocycles. The fraction of sp³-hybridized carbons (Fsp3) is 0.425. The number of ketones is 2. The van der Waals surface area contributed by atoms with Crippen LogP contribution < -0.4 is 25.1 Å². The number of carbonyl (C=O) groups is 4. The molecule has 0 radical (unpaired) electrons. The highest BCUT2D eigenvalue weighted by Gasteiger charge is 2.61. The van der Waals surface area contributed by atoms with Crippen LogP contribution >= 0.6 is 23.4 Å². The van der Waals surface area contributed by atoms with Crippen molar-refractivity contribution < 1.29 is 38.5 Å². The van der Waals surface area contributed by atoms with E-state index in [1.807, 2.05) is 24.5 Å². The van der Waals surface area contributed by atoms with E-state index in [0.29, 0.717) is 25.2 Å². The van der Waals surface area contributed by atoms with E-state index >= 15 is 0 Å².